The van der Waals surface area contributed by atoms with Crippen LogP contribution in [0.5, 0.6) is 0 Å². The van der Waals surface area contributed by atoms with Gasteiger partial charge in [-0.15, -0.1) is 0 Å². The molecule has 0 bridgehead atoms. The minimum Gasteiger partial charge on any atom is -0.378 e. The number of nitrogens with zero attached hydrogens (tertiary/aromatic N) is 3. The highest BCUT2D eigenvalue weighted by atomic mass is 16.5. The molecule has 0 atom stereocenters. The second-order valence-corrected chi connectivity index (χ2v) is 8.49. The minimum atomic E-state index is -0.317. The second kappa shape index (κ2) is 8.45. The number of carbonyl (C=O) groups is 2. The molecule has 1 spiro atoms. The molecule has 0 aromatic heterocycles. The lowest BCUT2D eigenvalue weighted by Crippen LogP contribution is -2.50. The zero-order valence-corrected chi connectivity index (χ0v) is 16.4. The van der Waals surface area contributed by atoms with Crippen LogP contribution < -0.4 is 0 Å². The van der Waals surface area contributed by atoms with Gasteiger partial charge in [0, 0.05) is 38.8 Å². The smallest absolute Gasteiger partial charge is 0.242 e. The molecule has 7 heteroatoms. The zero-order valence-electron chi connectivity index (χ0n) is 16.4. The molecule has 4 fully saturated rings. The summed E-state index contributed by atoms with van der Waals surface area (Å²) in [5.74, 6) is 0.0991. The monoisotopic (exact) mass is 379 g/mol. The quantitative estimate of drug-likeness (QED) is 0.728. The second-order valence-electron chi connectivity index (χ2n) is 8.49. The number of carbonyl (C=O) groups excluding carboxylic acids is 2. The van der Waals surface area contributed by atoms with Crippen LogP contribution in [0.2, 0.25) is 0 Å². The van der Waals surface area contributed by atoms with E-state index >= 15 is 0 Å². The van der Waals surface area contributed by atoms with Crippen LogP contribution in [-0.4, -0.2) is 97.2 Å². The van der Waals surface area contributed by atoms with Crippen LogP contribution in [-0.2, 0) is 19.1 Å². The number of hydrogen-bond acceptors (Lipinski definition) is 5. The fourth-order valence-electron chi connectivity index (χ4n) is 5.07. The van der Waals surface area contributed by atoms with E-state index in [0.717, 1.165) is 32.0 Å². The molecule has 4 rings (SSSR count). The van der Waals surface area contributed by atoms with E-state index in [1.807, 2.05) is 0 Å². The van der Waals surface area contributed by atoms with Gasteiger partial charge < -0.3 is 24.2 Å². The van der Waals surface area contributed by atoms with Gasteiger partial charge >= 0.3 is 0 Å². The van der Waals surface area contributed by atoms with Gasteiger partial charge in [0.25, 0.3) is 0 Å². The third-order valence-corrected chi connectivity index (χ3v) is 6.84. The van der Waals surface area contributed by atoms with Crippen LogP contribution in [0.4, 0.5) is 0 Å². The van der Waals surface area contributed by atoms with Crippen LogP contribution in [0, 0.1) is 0 Å². The SMILES string of the molecule is O=C(CN1CCOC2(CCN(C3CCCC3)CC2)CC1=O)N1CCOCC1. The third kappa shape index (κ3) is 4.46. The van der Waals surface area contributed by atoms with E-state index in [0.29, 0.717) is 45.9 Å². The molecule has 1 saturated carbocycles. The van der Waals surface area contributed by atoms with Gasteiger partial charge in [0.05, 0.1) is 38.4 Å². The number of amides is 2. The van der Waals surface area contributed by atoms with Gasteiger partial charge in [-0.05, 0) is 25.7 Å². The summed E-state index contributed by atoms with van der Waals surface area (Å²) < 4.78 is 11.5. The van der Waals surface area contributed by atoms with Crippen LogP contribution in [0.25, 0.3) is 0 Å². The van der Waals surface area contributed by atoms with Crippen LogP contribution in [0.3, 0.4) is 0 Å². The summed E-state index contributed by atoms with van der Waals surface area (Å²) in [6.45, 7) is 5.71. The Bertz CT molecular complexity index is 535. The molecule has 3 saturated heterocycles. The summed E-state index contributed by atoms with van der Waals surface area (Å²) in [6, 6.07) is 0.742. The molecule has 0 aromatic rings. The van der Waals surface area contributed by atoms with E-state index < -0.39 is 0 Å². The van der Waals surface area contributed by atoms with Crippen molar-refractivity contribution in [3.05, 3.63) is 0 Å². The number of piperidine rings is 1. The van der Waals surface area contributed by atoms with E-state index in [1.165, 1.54) is 25.7 Å². The number of likely N-dealkylation sites (tertiary alicyclic amines) is 1. The number of morpholine rings is 1. The Hall–Kier alpha value is -1.18. The van der Waals surface area contributed by atoms with E-state index in [-0.39, 0.29) is 24.0 Å². The molecule has 3 heterocycles. The van der Waals surface area contributed by atoms with Crippen LogP contribution in [0.15, 0.2) is 0 Å². The van der Waals surface area contributed by atoms with Crippen molar-refractivity contribution in [3.63, 3.8) is 0 Å². The first-order valence-corrected chi connectivity index (χ1v) is 10.7. The van der Waals surface area contributed by atoms with Crippen molar-refractivity contribution in [1.82, 2.24) is 14.7 Å². The maximum absolute atomic E-state index is 12.9. The fourth-order valence-corrected chi connectivity index (χ4v) is 5.07. The molecule has 7 nitrogen and oxygen atoms in total. The number of hydrogen-bond donors (Lipinski definition) is 0. The molecule has 1 aliphatic carbocycles. The highest BCUT2D eigenvalue weighted by molar-refractivity contribution is 5.85. The Morgan fingerprint density at radius 1 is 1.00 bits per heavy atom. The van der Waals surface area contributed by atoms with E-state index in [1.54, 1.807) is 9.80 Å². The van der Waals surface area contributed by atoms with Crippen molar-refractivity contribution in [1.29, 1.82) is 0 Å². The normalized spacial score (nSPS) is 27.9. The summed E-state index contributed by atoms with van der Waals surface area (Å²) in [4.78, 5) is 31.5. The van der Waals surface area contributed by atoms with Crippen molar-refractivity contribution in [2.24, 2.45) is 0 Å². The fraction of sp³-hybridized carbons (Fsp3) is 0.900. The number of ether oxygens (including phenoxy) is 2. The van der Waals surface area contributed by atoms with Gasteiger partial charge in [-0.1, -0.05) is 12.8 Å². The van der Waals surface area contributed by atoms with Crippen molar-refractivity contribution >= 4 is 11.8 Å². The van der Waals surface area contributed by atoms with Crippen molar-refractivity contribution < 1.29 is 19.1 Å². The first kappa shape index (κ1) is 19.2. The molecule has 0 unspecified atom stereocenters. The maximum atomic E-state index is 12.9. The molecule has 4 aliphatic rings. The largest absolute Gasteiger partial charge is 0.378 e. The predicted molar refractivity (Wildman–Crippen MR) is 100 cm³/mol. The summed E-state index contributed by atoms with van der Waals surface area (Å²) in [5, 5.41) is 0. The molecule has 2 amide bonds. The lowest BCUT2D eigenvalue weighted by molar-refractivity contribution is -0.143. The Kier molecular flexibility index (Phi) is 5.99. The molecule has 0 N–H and O–H groups in total. The van der Waals surface area contributed by atoms with Gasteiger partial charge in [-0.2, -0.15) is 0 Å². The summed E-state index contributed by atoms with van der Waals surface area (Å²) in [6.07, 6.45) is 7.64. The summed E-state index contributed by atoms with van der Waals surface area (Å²) >= 11 is 0. The van der Waals surface area contributed by atoms with Crippen LogP contribution >= 0.6 is 0 Å². The topological polar surface area (TPSA) is 62.3 Å². The molecular formula is C20H33N3O4. The van der Waals surface area contributed by atoms with Crippen molar-refractivity contribution in [3.8, 4) is 0 Å². The highest BCUT2D eigenvalue weighted by Gasteiger charge is 2.42. The summed E-state index contributed by atoms with van der Waals surface area (Å²) in [7, 11) is 0. The summed E-state index contributed by atoms with van der Waals surface area (Å²) in [5.41, 5.74) is -0.317. The van der Waals surface area contributed by atoms with E-state index in [2.05, 4.69) is 4.90 Å². The maximum Gasteiger partial charge on any atom is 0.242 e. The molecule has 0 aromatic carbocycles. The Balaban J connectivity index is 1.30. The molecule has 3 aliphatic heterocycles. The van der Waals surface area contributed by atoms with Crippen molar-refractivity contribution in [2.75, 3.05) is 59.1 Å². The van der Waals surface area contributed by atoms with Crippen molar-refractivity contribution in [2.45, 2.75) is 56.6 Å². The minimum absolute atomic E-state index is 0.0265. The third-order valence-electron chi connectivity index (χ3n) is 6.84. The average Bonchev–Trinajstić information content (AvgIpc) is 3.18. The average molecular weight is 380 g/mol. The van der Waals surface area contributed by atoms with Gasteiger partial charge in [-0.3, -0.25) is 9.59 Å². The standard InChI is InChI=1S/C20H33N3O4/c24-18-15-20(5-7-21(8-6-20)17-3-1-2-4-17)27-14-11-23(18)16-19(25)22-9-12-26-13-10-22/h17H,1-16H2. The predicted octanol–water partition coefficient (Wildman–Crippen LogP) is 0.871. The van der Waals surface area contributed by atoms with Crippen LogP contribution in [0.1, 0.15) is 44.9 Å². The van der Waals surface area contributed by atoms with Gasteiger partial charge in [0.1, 0.15) is 0 Å². The van der Waals surface area contributed by atoms with E-state index in [4.69, 9.17) is 9.47 Å². The molecular weight excluding hydrogens is 346 g/mol. The number of rotatable bonds is 3. The van der Waals surface area contributed by atoms with Gasteiger partial charge in [0.15, 0.2) is 0 Å². The molecule has 152 valence electrons. The van der Waals surface area contributed by atoms with Gasteiger partial charge in [0.2, 0.25) is 11.8 Å². The highest BCUT2D eigenvalue weighted by Crippen LogP contribution is 2.35. The Labute approximate surface area is 161 Å². The molecule has 0 radical (unpaired) electrons. The lowest BCUT2D eigenvalue weighted by Gasteiger charge is -2.42. The molecule has 27 heavy (non-hydrogen) atoms. The Morgan fingerprint density at radius 2 is 1.70 bits per heavy atom. The first-order valence-electron chi connectivity index (χ1n) is 10.7. The first-order chi connectivity index (χ1) is 13.2. The Morgan fingerprint density at radius 3 is 2.41 bits per heavy atom. The zero-order chi connectivity index (χ0) is 18.7. The lowest BCUT2D eigenvalue weighted by atomic mass is 9.86. The van der Waals surface area contributed by atoms with Gasteiger partial charge in [-0.25, -0.2) is 0 Å². The van der Waals surface area contributed by atoms with E-state index in [9.17, 15) is 9.59 Å².